The van der Waals surface area contributed by atoms with Gasteiger partial charge in [0.1, 0.15) is 15.2 Å². The zero-order valence-electron chi connectivity index (χ0n) is 6.13. The van der Waals surface area contributed by atoms with Gasteiger partial charge in [0.05, 0.1) is 5.90 Å². The molecular weight excluding hydrogens is 216 g/mol. The van der Waals surface area contributed by atoms with Gasteiger partial charge in [-0.2, -0.15) is 0 Å². The van der Waals surface area contributed by atoms with Crippen LogP contribution in [-0.2, 0) is 9.13 Å². The van der Waals surface area contributed by atoms with Crippen molar-refractivity contribution in [3.63, 3.8) is 0 Å². The van der Waals surface area contributed by atoms with Gasteiger partial charge in [-0.05, 0) is 0 Å². The topological polar surface area (TPSA) is 121 Å². The molecule has 0 saturated carbocycles. The van der Waals surface area contributed by atoms with Gasteiger partial charge in [0, 0.05) is 0 Å². The van der Waals surface area contributed by atoms with E-state index in [-0.39, 0.29) is 59.1 Å². The van der Waals surface area contributed by atoms with E-state index in [0.29, 0.717) is 0 Å². The van der Waals surface area contributed by atoms with E-state index in [2.05, 4.69) is 0 Å². The summed E-state index contributed by atoms with van der Waals surface area (Å²) in [6.45, 7) is 0. The molecule has 0 radical (unpaired) electrons. The van der Waals surface area contributed by atoms with Crippen LogP contribution in [0.1, 0.15) is 0 Å². The van der Waals surface area contributed by atoms with E-state index in [4.69, 9.17) is 9.79 Å². The van der Waals surface area contributed by atoms with Gasteiger partial charge in [-0.1, -0.05) is 0 Å². The average molecular weight is 220 g/mol. The smallest absolute Gasteiger partial charge is 0.778 e. The predicted octanol–water partition coefficient (Wildman–Crippen LogP) is -7.96. The van der Waals surface area contributed by atoms with Gasteiger partial charge in [-0.3, -0.25) is 0 Å². The molecule has 0 aromatic carbocycles. The summed E-state index contributed by atoms with van der Waals surface area (Å²) in [7, 11) is -9.73. The van der Waals surface area contributed by atoms with Gasteiger partial charge in [0.25, 0.3) is 0 Å². The largest absolute Gasteiger partial charge is 1.00 e. The summed E-state index contributed by atoms with van der Waals surface area (Å²) in [5.74, 6) is -1.60. The Morgan fingerprint density at radius 2 is 1.18 bits per heavy atom. The van der Waals surface area contributed by atoms with E-state index >= 15 is 0 Å². The molecule has 0 aromatic rings. The third kappa shape index (κ3) is 18.9. The van der Waals surface area contributed by atoms with Crippen molar-refractivity contribution in [2.45, 2.75) is 0 Å². The fraction of sp³-hybridized carbons (Fsp3) is 1.00. The van der Waals surface area contributed by atoms with Crippen LogP contribution in [0.2, 0.25) is 0 Å². The minimum atomic E-state index is -4.86. The molecule has 2 unspecified atom stereocenters. The van der Waals surface area contributed by atoms with Crippen molar-refractivity contribution in [3.05, 3.63) is 0 Å². The molecule has 2 atom stereocenters. The van der Waals surface area contributed by atoms with Crippen molar-refractivity contribution < 1.29 is 87.8 Å². The van der Waals surface area contributed by atoms with Crippen LogP contribution in [0, 0.1) is 0 Å². The normalized spacial score (nSPS) is 20.0. The molecule has 0 aliphatic rings. The number of hydrogen-bond donors (Lipinski definition) is 2. The Kier molecular flexibility index (Phi) is 11.6. The summed E-state index contributed by atoms with van der Waals surface area (Å²) in [6.07, 6.45) is 0. The van der Waals surface area contributed by atoms with E-state index in [0.717, 1.165) is 0 Å². The molecule has 0 amide bonds. The van der Waals surface area contributed by atoms with Crippen molar-refractivity contribution in [2.24, 2.45) is 0 Å². The Morgan fingerprint density at radius 3 is 1.18 bits per heavy atom. The third-order valence-corrected chi connectivity index (χ3v) is 3.22. The second kappa shape index (κ2) is 6.71. The summed E-state index contributed by atoms with van der Waals surface area (Å²) in [5.41, 5.74) is 0. The SMILES string of the molecule is O=P([O-])(O)CP(=O)([O-])O.[Na+].[Na+]. The quantitative estimate of drug-likeness (QED) is 0.352. The molecule has 0 spiro atoms. The number of rotatable bonds is 2. The van der Waals surface area contributed by atoms with Crippen LogP contribution in [0.3, 0.4) is 0 Å². The van der Waals surface area contributed by atoms with Crippen LogP contribution in [0.15, 0.2) is 0 Å². The van der Waals surface area contributed by atoms with Crippen LogP contribution < -0.4 is 68.9 Å². The molecule has 0 saturated heterocycles. The molecule has 0 heterocycles. The maximum absolute atomic E-state index is 9.70. The predicted molar refractivity (Wildman–Crippen MR) is 24.5 cm³/mol. The zero-order chi connectivity index (χ0) is 7.71. The molecule has 56 valence electrons. The molecule has 0 bridgehead atoms. The van der Waals surface area contributed by atoms with Gasteiger partial charge in [-0.15, -0.1) is 0 Å². The first-order valence-corrected chi connectivity index (χ1v) is 5.29. The van der Waals surface area contributed by atoms with E-state index < -0.39 is 21.1 Å². The molecule has 0 aromatic heterocycles. The van der Waals surface area contributed by atoms with Gasteiger partial charge in [0.15, 0.2) is 0 Å². The molecule has 0 fully saturated rings. The van der Waals surface area contributed by atoms with Crippen LogP contribution >= 0.6 is 15.2 Å². The summed E-state index contributed by atoms with van der Waals surface area (Å²) in [6, 6.07) is 0. The Labute approximate surface area is 108 Å². The van der Waals surface area contributed by atoms with Crippen LogP contribution in [0.4, 0.5) is 0 Å². The van der Waals surface area contributed by atoms with Gasteiger partial charge >= 0.3 is 59.1 Å². The zero-order valence-corrected chi connectivity index (χ0v) is 11.9. The summed E-state index contributed by atoms with van der Waals surface area (Å²) in [5, 5.41) is 0. The summed E-state index contributed by atoms with van der Waals surface area (Å²) >= 11 is 0. The number of hydrogen-bond acceptors (Lipinski definition) is 4. The summed E-state index contributed by atoms with van der Waals surface area (Å²) < 4.78 is 19.4. The summed E-state index contributed by atoms with van der Waals surface area (Å²) in [4.78, 5) is 35.0. The molecule has 2 N–H and O–H groups in total. The maximum atomic E-state index is 9.70. The molecular formula is CH4Na2O6P2. The fourth-order valence-electron chi connectivity index (χ4n) is 0.226. The van der Waals surface area contributed by atoms with E-state index in [1.54, 1.807) is 0 Å². The average Bonchev–Trinajstić information content (AvgIpc) is 1.14. The third-order valence-electron chi connectivity index (χ3n) is 0.357. The standard InChI is InChI=1S/CH6O6P2.2Na/c2-8(3,4)1-9(5,6)7;;/h1H2,(H2,2,3,4)(H2,5,6,7);;/q;2*+1/p-2. The van der Waals surface area contributed by atoms with Crippen LogP contribution in [-0.4, -0.2) is 15.7 Å². The van der Waals surface area contributed by atoms with Crippen LogP contribution in [0.25, 0.3) is 0 Å². The minimum Gasteiger partial charge on any atom is -0.778 e. The first kappa shape index (κ1) is 19.0. The van der Waals surface area contributed by atoms with Crippen molar-refractivity contribution in [2.75, 3.05) is 5.90 Å². The van der Waals surface area contributed by atoms with Gasteiger partial charge in [-0.25, -0.2) is 0 Å². The van der Waals surface area contributed by atoms with Crippen molar-refractivity contribution in [3.8, 4) is 0 Å². The molecule has 0 aliphatic carbocycles. The molecule has 11 heavy (non-hydrogen) atoms. The Bertz CT molecular complexity index is 159. The molecule has 6 nitrogen and oxygen atoms in total. The van der Waals surface area contributed by atoms with E-state index in [9.17, 15) is 18.9 Å². The van der Waals surface area contributed by atoms with E-state index in [1.807, 2.05) is 0 Å². The monoisotopic (exact) mass is 220 g/mol. The molecule has 0 aliphatic heterocycles. The van der Waals surface area contributed by atoms with Crippen molar-refractivity contribution in [1.29, 1.82) is 0 Å². The Balaban J connectivity index is -0.000000320. The second-order valence-corrected chi connectivity index (χ2v) is 5.10. The Hall–Kier alpha value is 2.30. The first-order chi connectivity index (χ1) is 3.71. The van der Waals surface area contributed by atoms with Gasteiger partial charge < -0.3 is 28.7 Å². The van der Waals surface area contributed by atoms with Crippen LogP contribution in [0.5, 0.6) is 0 Å². The molecule has 0 rings (SSSR count). The minimum absolute atomic E-state index is 0. The second-order valence-electron chi connectivity index (χ2n) is 1.42. The van der Waals surface area contributed by atoms with Crippen molar-refractivity contribution >= 4 is 15.2 Å². The van der Waals surface area contributed by atoms with Gasteiger partial charge in [0.2, 0.25) is 0 Å². The van der Waals surface area contributed by atoms with Crippen molar-refractivity contribution in [1.82, 2.24) is 0 Å². The van der Waals surface area contributed by atoms with E-state index in [1.165, 1.54) is 0 Å². The first-order valence-electron chi connectivity index (χ1n) is 1.76. The fourth-order valence-corrected chi connectivity index (χ4v) is 2.03. The maximum Gasteiger partial charge on any atom is 1.00 e. The Morgan fingerprint density at radius 1 is 1.00 bits per heavy atom. The molecule has 10 heteroatoms.